The molecular weight excluding hydrogens is 467 g/mol. The van der Waals surface area contributed by atoms with Crippen LogP contribution in [0.3, 0.4) is 0 Å². The first-order chi connectivity index (χ1) is 15.5. The van der Waals surface area contributed by atoms with Crippen LogP contribution in [-0.4, -0.2) is 24.5 Å². The molecule has 0 atom stereocenters. The highest BCUT2D eigenvalue weighted by Gasteiger charge is 2.07. The molecule has 0 saturated heterocycles. The smallest absolute Gasteiger partial charge is 0.250 e. The Kier molecular flexibility index (Phi) is 9.28. The van der Waals surface area contributed by atoms with Crippen LogP contribution in [0, 0.1) is 0 Å². The van der Waals surface area contributed by atoms with Crippen molar-refractivity contribution in [2.45, 2.75) is 18.4 Å². The Balaban J connectivity index is 1.54. The van der Waals surface area contributed by atoms with Gasteiger partial charge in [-0.25, -0.2) is 5.43 Å². The fourth-order valence-electron chi connectivity index (χ4n) is 2.67. The molecule has 3 aromatic carbocycles. The maximum absolute atomic E-state index is 12.0. The highest BCUT2D eigenvalue weighted by Crippen LogP contribution is 2.29. The lowest BCUT2D eigenvalue weighted by Crippen LogP contribution is -2.19. The van der Waals surface area contributed by atoms with Crippen molar-refractivity contribution in [1.82, 2.24) is 5.43 Å². The molecule has 1 amide bonds. The van der Waals surface area contributed by atoms with Gasteiger partial charge in [0.15, 0.2) is 11.5 Å². The molecule has 0 unspecified atom stereocenters. The molecular formula is C24H22Cl2N2O3S. The molecule has 0 saturated carbocycles. The van der Waals surface area contributed by atoms with Gasteiger partial charge in [0.05, 0.1) is 18.6 Å². The van der Waals surface area contributed by atoms with Crippen molar-refractivity contribution in [2.24, 2.45) is 5.10 Å². The molecule has 0 aliphatic heterocycles. The van der Waals surface area contributed by atoms with Gasteiger partial charge < -0.3 is 9.47 Å². The SMILES string of the molecule is CCOc1cc(/C=N\NC(=O)CSc2ccc(Cl)cc2)ccc1OCc1cccc(Cl)c1. The predicted molar refractivity (Wildman–Crippen MR) is 131 cm³/mol. The quantitative estimate of drug-likeness (QED) is 0.209. The summed E-state index contributed by atoms with van der Waals surface area (Å²) in [6.45, 7) is 2.77. The fraction of sp³-hybridized carbons (Fsp3) is 0.167. The van der Waals surface area contributed by atoms with E-state index < -0.39 is 0 Å². The number of hydrogen-bond acceptors (Lipinski definition) is 5. The molecule has 0 aliphatic rings. The van der Waals surface area contributed by atoms with Gasteiger partial charge in [0.2, 0.25) is 5.91 Å². The number of benzene rings is 3. The van der Waals surface area contributed by atoms with Crippen molar-refractivity contribution in [1.29, 1.82) is 0 Å². The topological polar surface area (TPSA) is 59.9 Å². The molecule has 0 aromatic heterocycles. The molecule has 1 N–H and O–H groups in total. The van der Waals surface area contributed by atoms with E-state index in [4.69, 9.17) is 32.7 Å². The Labute approximate surface area is 201 Å². The highest BCUT2D eigenvalue weighted by molar-refractivity contribution is 8.00. The fourth-order valence-corrected chi connectivity index (χ4v) is 3.70. The summed E-state index contributed by atoms with van der Waals surface area (Å²) in [6.07, 6.45) is 1.56. The Morgan fingerprint density at radius 2 is 1.81 bits per heavy atom. The third-order valence-corrected chi connectivity index (χ3v) is 5.64. The molecule has 3 rings (SSSR count). The Bertz CT molecular complexity index is 1080. The van der Waals surface area contributed by atoms with Crippen molar-refractivity contribution in [3.05, 3.63) is 87.9 Å². The third-order valence-electron chi connectivity index (χ3n) is 4.14. The summed E-state index contributed by atoms with van der Waals surface area (Å²) in [4.78, 5) is 13.0. The van der Waals surface area contributed by atoms with Crippen LogP contribution in [0.25, 0.3) is 0 Å². The van der Waals surface area contributed by atoms with E-state index >= 15 is 0 Å². The molecule has 32 heavy (non-hydrogen) atoms. The van der Waals surface area contributed by atoms with Gasteiger partial charge in [0.25, 0.3) is 0 Å². The monoisotopic (exact) mass is 488 g/mol. The van der Waals surface area contributed by atoms with Gasteiger partial charge in [-0.3, -0.25) is 4.79 Å². The van der Waals surface area contributed by atoms with E-state index in [0.29, 0.717) is 34.8 Å². The minimum absolute atomic E-state index is 0.201. The first-order valence-corrected chi connectivity index (χ1v) is 11.6. The first-order valence-electron chi connectivity index (χ1n) is 9.88. The van der Waals surface area contributed by atoms with E-state index in [9.17, 15) is 4.79 Å². The van der Waals surface area contributed by atoms with Crippen molar-refractivity contribution in [2.75, 3.05) is 12.4 Å². The lowest BCUT2D eigenvalue weighted by atomic mass is 10.2. The summed E-state index contributed by atoms with van der Waals surface area (Å²) in [6, 6.07) is 20.3. The van der Waals surface area contributed by atoms with Crippen LogP contribution in [0.5, 0.6) is 11.5 Å². The highest BCUT2D eigenvalue weighted by atomic mass is 35.5. The van der Waals surface area contributed by atoms with Gasteiger partial charge in [-0.1, -0.05) is 35.3 Å². The van der Waals surface area contributed by atoms with Crippen LogP contribution in [0.4, 0.5) is 0 Å². The predicted octanol–water partition coefficient (Wildman–Crippen LogP) is 6.21. The van der Waals surface area contributed by atoms with Crippen LogP contribution in [0.15, 0.2) is 76.7 Å². The number of nitrogens with one attached hydrogen (secondary N) is 1. The average Bonchev–Trinajstić information content (AvgIpc) is 2.78. The van der Waals surface area contributed by atoms with Crippen molar-refractivity contribution in [3.63, 3.8) is 0 Å². The van der Waals surface area contributed by atoms with Crippen LogP contribution in [0.2, 0.25) is 10.0 Å². The third kappa shape index (κ3) is 7.79. The van der Waals surface area contributed by atoms with Crippen LogP contribution >= 0.6 is 35.0 Å². The maximum atomic E-state index is 12.0. The van der Waals surface area contributed by atoms with E-state index in [1.54, 1.807) is 18.3 Å². The summed E-state index contributed by atoms with van der Waals surface area (Å²) in [5, 5.41) is 5.36. The summed E-state index contributed by atoms with van der Waals surface area (Å²) < 4.78 is 11.6. The second-order valence-electron chi connectivity index (χ2n) is 6.59. The van der Waals surface area contributed by atoms with Crippen molar-refractivity contribution < 1.29 is 14.3 Å². The van der Waals surface area contributed by atoms with Gasteiger partial charge >= 0.3 is 0 Å². The summed E-state index contributed by atoms with van der Waals surface area (Å²) in [7, 11) is 0. The summed E-state index contributed by atoms with van der Waals surface area (Å²) >= 11 is 13.3. The van der Waals surface area contributed by atoms with Crippen molar-refractivity contribution >= 4 is 47.1 Å². The number of hydrazone groups is 1. The van der Waals surface area contributed by atoms with E-state index in [2.05, 4.69) is 10.5 Å². The molecule has 8 heteroatoms. The van der Waals surface area contributed by atoms with Crippen LogP contribution < -0.4 is 14.9 Å². The molecule has 0 aliphatic carbocycles. The Hall–Kier alpha value is -2.67. The van der Waals surface area contributed by atoms with Gasteiger partial charge in [-0.05, 0) is 72.6 Å². The lowest BCUT2D eigenvalue weighted by molar-refractivity contribution is -0.118. The molecule has 0 fully saturated rings. The van der Waals surface area contributed by atoms with E-state index in [1.165, 1.54) is 11.8 Å². The molecule has 0 heterocycles. The molecule has 0 bridgehead atoms. The summed E-state index contributed by atoms with van der Waals surface area (Å²) in [5.74, 6) is 1.27. The van der Waals surface area contributed by atoms with Crippen molar-refractivity contribution in [3.8, 4) is 11.5 Å². The van der Waals surface area contributed by atoms with E-state index in [-0.39, 0.29) is 11.7 Å². The van der Waals surface area contributed by atoms with Gasteiger partial charge in [-0.2, -0.15) is 5.10 Å². The minimum Gasteiger partial charge on any atom is -0.490 e. The minimum atomic E-state index is -0.201. The first kappa shape index (κ1) is 24.0. The zero-order chi connectivity index (χ0) is 22.8. The second-order valence-corrected chi connectivity index (χ2v) is 8.52. The number of nitrogens with zero attached hydrogens (tertiary/aromatic N) is 1. The van der Waals surface area contributed by atoms with Crippen LogP contribution in [0.1, 0.15) is 18.1 Å². The standard InChI is InChI=1S/C24H22Cl2N2O3S/c1-2-30-23-13-17(6-11-22(23)31-15-18-4-3-5-20(26)12-18)14-27-28-24(29)16-32-21-9-7-19(25)8-10-21/h3-14H,2,15-16H2,1H3,(H,28,29)/b27-14-. The number of ether oxygens (including phenoxy) is 2. The molecule has 166 valence electrons. The van der Waals surface area contributed by atoms with E-state index in [1.807, 2.05) is 61.5 Å². The number of carbonyl (C=O) groups is 1. The molecule has 0 radical (unpaired) electrons. The Morgan fingerprint density at radius 3 is 2.56 bits per heavy atom. The zero-order valence-electron chi connectivity index (χ0n) is 17.4. The van der Waals surface area contributed by atoms with Crippen LogP contribution in [-0.2, 0) is 11.4 Å². The second kappa shape index (κ2) is 12.4. The van der Waals surface area contributed by atoms with Gasteiger partial charge in [0.1, 0.15) is 6.61 Å². The number of thioether (sulfide) groups is 1. The average molecular weight is 489 g/mol. The zero-order valence-corrected chi connectivity index (χ0v) is 19.7. The molecule has 5 nitrogen and oxygen atoms in total. The normalized spacial score (nSPS) is 10.8. The largest absolute Gasteiger partial charge is 0.490 e. The molecule has 0 spiro atoms. The number of halogens is 2. The maximum Gasteiger partial charge on any atom is 0.250 e. The Morgan fingerprint density at radius 1 is 1.00 bits per heavy atom. The van der Waals surface area contributed by atoms with Gasteiger partial charge in [-0.15, -0.1) is 11.8 Å². The lowest BCUT2D eigenvalue weighted by Gasteiger charge is -2.12. The number of hydrogen-bond donors (Lipinski definition) is 1. The number of rotatable bonds is 10. The van der Waals surface area contributed by atoms with Gasteiger partial charge in [0, 0.05) is 14.9 Å². The van der Waals surface area contributed by atoms with E-state index in [0.717, 1.165) is 16.0 Å². The molecule has 3 aromatic rings. The summed E-state index contributed by atoms with van der Waals surface area (Å²) in [5.41, 5.74) is 4.27. The number of amides is 1. The number of carbonyl (C=O) groups excluding carboxylic acids is 1.